The van der Waals surface area contributed by atoms with Crippen LogP contribution in [0.4, 0.5) is 0 Å². The van der Waals surface area contributed by atoms with Gasteiger partial charge in [0.05, 0.1) is 12.5 Å². The molecule has 1 aliphatic heterocycles. The van der Waals surface area contributed by atoms with Gasteiger partial charge in [0.25, 0.3) is 5.22 Å². The van der Waals surface area contributed by atoms with Crippen LogP contribution in [0.25, 0.3) is 11.4 Å². The topological polar surface area (TPSA) is 82.5 Å². The Bertz CT molecular complexity index is 1070. The summed E-state index contributed by atoms with van der Waals surface area (Å²) in [4.78, 5) is 4.08. The van der Waals surface area contributed by atoms with E-state index in [0.29, 0.717) is 17.5 Å². The third-order valence-corrected chi connectivity index (χ3v) is 6.47. The Morgan fingerprint density at radius 3 is 2.75 bits per heavy atom. The van der Waals surface area contributed by atoms with Gasteiger partial charge in [-0.25, -0.2) is 0 Å². The van der Waals surface area contributed by atoms with Crippen LogP contribution in [0.5, 0.6) is 0 Å². The smallest absolute Gasteiger partial charge is 0.276 e. The summed E-state index contributed by atoms with van der Waals surface area (Å²) in [5, 5.41) is 18.6. The number of pyridine rings is 1. The molecule has 140 valence electrons. The van der Waals surface area contributed by atoms with Crippen molar-refractivity contribution in [3.05, 3.63) is 66.3 Å². The van der Waals surface area contributed by atoms with Crippen LogP contribution in [0.3, 0.4) is 0 Å². The molecular formula is C19H16N6OS2. The Morgan fingerprint density at radius 2 is 1.89 bits per heavy atom. The van der Waals surface area contributed by atoms with Crippen LogP contribution in [0.2, 0.25) is 0 Å². The Morgan fingerprint density at radius 1 is 1.04 bits per heavy atom. The lowest BCUT2D eigenvalue weighted by Crippen LogP contribution is -2.11. The fraction of sp³-hybridized carbons (Fsp3) is 0.211. The zero-order valence-corrected chi connectivity index (χ0v) is 16.4. The summed E-state index contributed by atoms with van der Waals surface area (Å²) >= 11 is 3.30. The van der Waals surface area contributed by atoms with Crippen molar-refractivity contribution in [1.29, 1.82) is 0 Å². The number of benzene rings is 1. The molecular weight excluding hydrogens is 392 g/mol. The normalized spacial score (nSPS) is 15.6. The summed E-state index contributed by atoms with van der Waals surface area (Å²) in [5.74, 6) is 3.30. The van der Waals surface area contributed by atoms with Gasteiger partial charge in [0.1, 0.15) is 0 Å². The van der Waals surface area contributed by atoms with Gasteiger partial charge in [0.2, 0.25) is 5.89 Å². The second-order valence-electron chi connectivity index (χ2n) is 6.31. The number of fused-ring (bicyclic) bond motifs is 1. The van der Waals surface area contributed by atoms with Gasteiger partial charge >= 0.3 is 0 Å². The van der Waals surface area contributed by atoms with Crippen LogP contribution >= 0.6 is 23.5 Å². The molecule has 5 rings (SSSR count). The van der Waals surface area contributed by atoms with Crippen molar-refractivity contribution in [2.24, 2.45) is 0 Å². The van der Waals surface area contributed by atoms with Crippen molar-refractivity contribution in [1.82, 2.24) is 29.9 Å². The van der Waals surface area contributed by atoms with E-state index >= 15 is 0 Å². The zero-order valence-electron chi connectivity index (χ0n) is 14.8. The first-order chi connectivity index (χ1) is 13.9. The van der Waals surface area contributed by atoms with Gasteiger partial charge in [0, 0.05) is 29.5 Å². The fourth-order valence-corrected chi connectivity index (χ4v) is 5.16. The molecule has 4 aromatic rings. The van der Waals surface area contributed by atoms with Gasteiger partial charge < -0.3 is 4.42 Å². The van der Waals surface area contributed by atoms with E-state index in [1.807, 2.05) is 30.3 Å². The van der Waals surface area contributed by atoms with E-state index in [4.69, 9.17) is 4.42 Å². The summed E-state index contributed by atoms with van der Waals surface area (Å²) in [5.41, 5.74) is 2.18. The molecule has 0 N–H and O–H groups in total. The van der Waals surface area contributed by atoms with Crippen LogP contribution < -0.4 is 0 Å². The van der Waals surface area contributed by atoms with Crippen molar-refractivity contribution in [2.45, 2.75) is 22.8 Å². The third kappa shape index (κ3) is 3.55. The minimum atomic E-state index is 0.271. The highest BCUT2D eigenvalue weighted by Crippen LogP contribution is 2.38. The second-order valence-corrected chi connectivity index (χ2v) is 8.27. The molecule has 0 radical (unpaired) electrons. The molecule has 0 spiro atoms. The van der Waals surface area contributed by atoms with Crippen molar-refractivity contribution in [2.75, 3.05) is 11.5 Å². The van der Waals surface area contributed by atoms with Gasteiger partial charge in [-0.2, -0.15) is 0 Å². The molecule has 0 aliphatic carbocycles. The Balaban J connectivity index is 1.28. The molecule has 0 fully saturated rings. The molecule has 1 atom stereocenters. The van der Waals surface area contributed by atoms with Crippen LogP contribution in [0.15, 0.2) is 69.7 Å². The number of rotatable bonds is 6. The standard InChI is InChI=1S/C19H16N6OS2/c1-2-4-13(5-3-1)10-16-21-24-19(26-16)28-12-15-11-27-18-23-22-17(25(15)18)14-6-8-20-9-7-14/h1-9,15H,10-12H2/t15-/m1/s1. The SMILES string of the molecule is c1ccc(Cc2nnc(SC[C@H]3CSc4nnc(-c5ccncc5)n43)o2)cc1. The monoisotopic (exact) mass is 408 g/mol. The molecule has 0 saturated heterocycles. The Labute approximate surface area is 170 Å². The number of hydrogen-bond acceptors (Lipinski definition) is 8. The molecule has 4 heterocycles. The van der Waals surface area contributed by atoms with E-state index in [1.54, 1.807) is 35.9 Å². The molecule has 0 saturated carbocycles. The van der Waals surface area contributed by atoms with Crippen molar-refractivity contribution >= 4 is 23.5 Å². The molecule has 0 bridgehead atoms. The molecule has 9 heteroatoms. The highest BCUT2D eigenvalue weighted by Gasteiger charge is 2.29. The second kappa shape index (κ2) is 7.76. The summed E-state index contributed by atoms with van der Waals surface area (Å²) in [6.45, 7) is 0. The fourth-order valence-electron chi connectivity index (χ4n) is 3.08. The Hall–Kier alpha value is -2.65. The van der Waals surface area contributed by atoms with E-state index in [9.17, 15) is 0 Å². The maximum absolute atomic E-state index is 5.82. The van der Waals surface area contributed by atoms with Gasteiger partial charge in [0.15, 0.2) is 11.0 Å². The highest BCUT2D eigenvalue weighted by atomic mass is 32.2. The molecule has 7 nitrogen and oxygen atoms in total. The molecule has 1 aliphatic rings. The third-order valence-electron chi connectivity index (χ3n) is 4.42. The molecule has 3 aromatic heterocycles. The average molecular weight is 409 g/mol. The predicted molar refractivity (Wildman–Crippen MR) is 107 cm³/mol. The van der Waals surface area contributed by atoms with E-state index < -0.39 is 0 Å². The summed E-state index contributed by atoms with van der Waals surface area (Å²) < 4.78 is 8.02. The number of hydrogen-bond donors (Lipinski definition) is 0. The highest BCUT2D eigenvalue weighted by molar-refractivity contribution is 8.00. The van der Waals surface area contributed by atoms with Crippen molar-refractivity contribution in [3.63, 3.8) is 0 Å². The van der Waals surface area contributed by atoms with Crippen molar-refractivity contribution in [3.8, 4) is 11.4 Å². The zero-order chi connectivity index (χ0) is 18.8. The lowest BCUT2D eigenvalue weighted by molar-refractivity contribution is 0.419. The van der Waals surface area contributed by atoms with E-state index in [2.05, 4.69) is 42.1 Å². The maximum Gasteiger partial charge on any atom is 0.276 e. The van der Waals surface area contributed by atoms with Gasteiger partial charge in [-0.1, -0.05) is 53.9 Å². The van der Waals surface area contributed by atoms with Gasteiger partial charge in [-0.3, -0.25) is 9.55 Å². The summed E-state index contributed by atoms with van der Waals surface area (Å²) in [7, 11) is 0. The molecule has 28 heavy (non-hydrogen) atoms. The van der Waals surface area contributed by atoms with Crippen LogP contribution in [0, 0.1) is 0 Å². The minimum Gasteiger partial charge on any atom is -0.416 e. The maximum atomic E-state index is 5.82. The molecule has 0 unspecified atom stereocenters. The Kier molecular flexibility index (Phi) is 4.84. The summed E-state index contributed by atoms with van der Waals surface area (Å²) in [6.07, 6.45) is 4.19. The first-order valence-electron chi connectivity index (χ1n) is 8.84. The average Bonchev–Trinajstić information content (AvgIpc) is 3.45. The lowest BCUT2D eigenvalue weighted by Gasteiger charge is -2.12. The molecule has 1 aromatic carbocycles. The van der Waals surface area contributed by atoms with E-state index in [-0.39, 0.29) is 6.04 Å². The van der Waals surface area contributed by atoms with Gasteiger partial charge in [-0.15, -0.1) is 20.4 Å². The minimum absolute atomic E-state index is 0.271. The van der Waals surface area contributed by atoms with E-state index in [0.717, 1.165) is 33.6 Å². The summed E-state index contributed by atoms with van der Waals surface area (Å²) in [6, 6.07) is 14.3. The number of aromatic nitrogens is 6. The first-order valence-corrected chi connectivity index (χ1v) is 10.8. The molecule has 0 amide bonds. The lowest BCUT2D eigenvalue weighted by atomic mass is 10.2. The van der Waals surface area contributed by atoms with Gasteiger partial charge in [-0.05, 0) is 17.7 Å². The van der Waals surface area contributed by atoms with Crippen LogP contribution in [-0.2, 0) is 6.42 Å². The van der Waals surface area contributed by atoms with Crippen LogP contribution in [-0.4, -0.2) is 41.5 Å². The predicted octanol–water partition coefficient (Wildman–Crippen LogP) is 3.75. The number of thioether (sulfide) groups is 2. The largest absolute Gasteiger partial charge is 0.416 e. The van der Waals surface area contributed by atoms with Crippen LogP contribution in [0.1, 0.15) is 17.5 Å². The van der Waals surface area contributed by atoms with Crippen molar-refractivity contribution < 1.29 is 4.42 Å². The first kappa shape index (κ1) is 17.4. The quantitative estimate of drug-likeness (QED) is 0.446. The van der Waals surface area contributed by atoms with E-state index in [1.165, 1.54) is 0 Å². The number of nitrogens with zero attached hydrogens (tertiary/aromatic N) is 6.